The third kappa shape index (κ3) is 3.75. The van der Waals surface area contributed by atoms with E-state index in [0.717, 1.165) is 0 Å². The van der Waals surface area contributed by atoms with E-state index in [1.54, 1.807) is 38.2 Å². The van der Waals surface area contributed by atoms with Crippen molar-refractivity contribution in [2.45, 2.75) is 13.0 Å². The number of nitrogens with zero attached hydrogens (tertiary/aromatic N) is 2. The Morgan fingerprint density at radius 1 is 1.50 bits per heavy atom. The second-order valence-corrected chi connectivity index (χ2v) is 3.96. The molecule has 1 unspecified atom stereocenters. The smallest absolute Gasteiger partial charge is 0.260 e. The van der Waals surface area contributed by atoms with E-state index in [2.05, 4.69) is 0 Å². The molecule has 1 aromatic carbocycles. The molecular formula is C13H16N2O3. The number of amides is 1. The Morgan fingerprint density at radius 3 is 2.61 bits per heavy atom. The summed E-state index contributed by atoms with van der Waals surface area (Å²) in [5.41, 5.74) is 0.541. The first kappa shape index (κ1) is 14.0. The summed E-state index contributed by atoms with van der Waals surface area (Å²) < 4.78 is 5.30. The average Bonchev–Trinajstić information content (AvgIpc) is 2.43. The maximum absolute atomic E-state index is 11.7. The summed E-state index contributed by atoms with van der Waals surface area (Å²) in [6.07, 6.45) is 0. The van der Waals surface area contributed by atoms with Gasteiger partial charge in [-0.1, -0.05) is 0 Å². The van der Waals surface area contributed by atoms with Crippen LogP contribution in [-0.2, 0) is 4.79 Å². The third-order valence-electron chi connectivity index (χ3n) is 2.66. The number of aliphatic hydroxyl groups is 1. The molecule has 0 aliphatic carbocycles. The van der Waals surface area contributed by atoms with Crippen LogP contribution < -0.4 is 4.74 Å². The maximum atomic E-state index is 11.7. The normalized spacial score (nSPS) is 11.4. The van der Waals surface area contributed by atoms with Gasteiger partial charge in [-0.15, -0.1) is 0 Å². The zero-order chi connectivity index (χ0) is 13.5. The highest BCUT2D eigenvalue weighted by Gasteiger charge is 2.15. The fourth-order valence-corrected chi connectivity index (χ4v) is 1.24. The molecule has 1 rings (SSSR count). The Hall–Kier alpha value is -2.06. The van der Waals surface area contributed by atoms with E-state index in [9.17, 15) is 4.79 Å². The number of aliphatic hydroxyl groups excluding tert-OH is 1. The zero-order valence-electron chi connectivity index (χ0n) is 10.5. The molecule has 1 amide bonds. The van der Waals surface area contributed by atoms with Crippen molar-refractivity contribution in [1.29, 1.82) is 5.26 Å². The highest BCUT2D eigenvalue weighted by molar-refractivity contribution is 5.77. The number of ether oxygens (including phenoxy) is 1. The minimum absolute atomic E-state index is 0.0842. The van der Waals surface area contributed by atoms with Crippen LogP contribution >= 0.6 is 0 Å². The summed E-state index contributed by atoms with van der Waals surface area (Å²) in [7, 11) is 1.62. The van der Waals surface area contributed by atoms with Gasteiger partial charge in [0.25, 0.3) is 5.91 Å². The van der Waals surface area contributed by atoms with E-state index >= 15 is 0 Å². The van der Waals surface area contributed by atoms with Crippen molar-refractivity contribution in [2.24, 2.45) is 0 Å². The Bertz CT molecular complexity index is 437. The molecule has 0 aliphatic heterocycles. The van der Waals surface area contributed by atoms with Crippen molar-refractivity contribution in [2.75, 3.05) is 20.3 Å². The molecule has 1 aromatic rings. The van der Waals surface area contributed by atoms with Crippen LogP contribution in [0.5, 0.6) is 5.75 Å². The molecule has 5 nitrogen and oxygen atoms in total. The lowest BCUT2D eigenvalue weighted by atomic mass is 10.2. The number of nitriles is 1. The molecule has 18 heavy (non-hydrogen) atoms. The number of likely N-dealkylation sites (N-methyl/N-ethyl adjacent to an activating group) is 1. The minimum atomic E-state index is -0.234. The van der Waals surface area contributed by atoms with Gasteiger partial charge in [-0.3, -0.25) is 4.79 Å². The van der Waals surface area contributed by atoms with E-state index in [4.69, 9.17) is 15.1 Å². The molecule has 5 heteroatoms. The lowest BCUT2D eigenvalue weighted by Crippen LogP contribution is -2.40. The van der Waals surface area contributed by atoms with E-state index in [0.29, 0.717) is 11.3 Å². The van der Waals surface area contributed by atoms with Crippen molar-refractivity contribution < 1.29 is 14.6 Å². The molecule has 0 aromatic heterocycles. The van der Waals surface area contributed by atoms with E-state index < -0.39 is 0 Å². The molecule has 0 radical (unpaired) electrons. The van der Waals surface area contributed by atoms with E-state index in [-0.39, 0.29) is 25.2 Å². The standard InChI is InChI=1S/C13H16N2O3/c1-10(8-16)15(2)13(17)9-18-12-5-3-11(7-14)4-6-12/h3-6,10,16H,8-9H2,1-2H3. The number of carbonyl (C=O) groups excluding carboxylic acids is 1. The van der Waals surface area contributed by atoms with Crippen molar-refractivity contribution in [3.63, 3.8) is 0 Å². The Kier molecular flexibility index (Phi) is 5.15. The summed E-state index contributed by atoms with van der Waals surface area (Å²) in [5, 5.41) is 17.6. The van der Waals surface area contributed by atoms with Crippen molar-refractivity contribution >= 4 is 5.91 Å². The molecule has 0 fully saturated rings. The van der Waals surface area contributed by atoms with Gasteiger partial charge in [0.15, 0.2) is 6.61 Å². The minimum Gasteiger partial charge on any atom is -0.484 e. The number of hydrogen-bond donors (Lipinski definition) is 1. The second kappa shape index (κ2) is 6.62. The monoisotopic (exact) mass is 248 g/mol. The van der Waals surface area contributed by atoms with Crippen LogP contribution in [0.15, 0.2) is 24.3 Å². The summed E-state index contributed by atoms with van der Waals surface area (Å²) in [6, 6.07) is 8.30. The number of hydrogen-bond acceptors (Lipinski definition) is 4. The molecule has 1 N–H and O–H groups in total. The quantitative estimate of drug-likeness (QED) is 0.835. The second-order valence-electron chi connectivity index (χ2n) is 3.96. The average molecular weight is 248 g/mol. The number of carbonyl (C=O) groups is 1. The van der Waals surface area contributed by atoms with E-state index in [1.807, 2.05) is 6.07 Å². The molecule has 0 spiro atoms. The third-order valence-corrected chi connectivity index (χ3v) is 2.66. The molecule has 0 heterocycles. The Balaban J connectivity index is 2.49. The van der Waals surface area contributed by atoms with Crippen molar-refractivity contribution in [3.8, 4) is 11.8 Å². The first-order chi connectivity index (χ1) is 8.58. The Labute approximate surface area is 106 Å². The largest absolute Gasteiger partial charge is 0.484 e. The lowest BCUT2D eigenvalue weighted by Gasteiger charge is -2.23. The van der Waals surface area contributed by atoms with Gasteiger partial charge in [-0.05, 0) is 31.2 Å². The molecule has 0 saturated heterocycles. The van der Waals surface area contributed by atoms with Crippen LogP contribution in [0.1, 0.15) is 12.5 Å². The summed E-state index contributed by atoms with van der Waals surface area (Å²) >= 11 is 0. The highest BCUT2D eigenvalue weighted by atomic mass is 16.5. The van der Waals surface area contributed by atoms with E-state index in [1.165, 1.54) is 4.90 Å². The summed E-state index contributed by atoms with van der Waals surface area (Å²) in [4.78, 5) is 13.1. The predicted molar refractivity (Wildman–Crippen MR) is 66.0 cm³/mol. The van der Waals surface area contributed by atoms with Crippen LogP contribution in [-0.4, -0.2) is 42.2 Å². The van der Waals surface area contributed by atoms with Gasteiger partial charge in [0.1, 0.15) is 5.75 Å². The van der Waals surface area contributed by atoms with Crippen LogP contribution in [0.4, 0.5) is 0 Å². The SMILES string of the molecule is CC(CO)N(C)C(=O)COc1ccc(C#N)cc1. The molecule has 0 bridgehead atoms. The van der Waals surface area contributed by atoms with Gasteiger partial charge < -0.3 is 14.7 Å². The predicted octanol–water partition coefficient (Wildman–Crippen LogP) is 0.776. The van der Waals surface area contributed by atoms with Crippen molar-refractivity contribution in [1.82, 2.24) is 4.90 Å². The Morgan fingerprint density at radius 2 is 2.11 bits per heavy atom. The maximum Gasteiger partial charge on any atom is 0.260 e. The first-order valence-electron chi connectivity index (χ1n) is 5.58. The van der Waals surface area contributed by atoms with Gasteiger partial charge >= 0.3 is 0 Å². The molecule has 1 atom stereocenters. The number of benzene rings is 1. The summed E-state index contributed by atoms with van der Waals surface area (Å²) in [5.74, 6) is 0.327. The zero-order valence-corrected chi connectivity index (χ0v) is 10.5. The van der Waals surface area contributed by atoms with Crippen LogP contribution in [0.2, 0.25) is 0 Å². The van der Waals surface area contributed by atoms with Gasteiger partial charge in [0, 0.05) is 7.05 Å². The fraction of sp³-hybridized carbons (Fsp3) is 0.385. The topological polar surface area (TPSA) is 73.6 Å². The molecule has 0 aliphatic rings. The van der Waals surface area contributed by atoms with Crippen molar-refractivity contribution in [3.05, 3.63) is 29.8 Å². The lowest BCUT2D eigenvalue weighted by molar-refractivity contribution is -0.134. The number of rotatable bonds is 5. The highest BCUT2D eigenvalue weighted by Crippen LogP contribution is 2.11. The molecule has 0 saturated carbocycles. The summed E-state index contributed by atoms with van der Waals surface area (Å²) in [6.45, 7) is 1.57. The molecule has 96 valence electrons. The van der Waals surface area contributed by atoms with Crippen LogP contribution in [0.25, 0.3) is 0 Å². The van der Waals surface area contributed by atoms with Gasteiger partial charge in [0.2, 0.25) is 0 Å². The first-order valence-corrected chi connectivity index (χ1v) is 5.58. The fourth-order valence-electron chi connectivity index (χ4n) is 1.24. The van der Waals surface area contributed by atoms with Crippen LogP contribution in [0, 0.1) is 11.3 Å². The van der Waals surface area contributed by atoms with Gasteiger partial charge in [0.05, 0.1) is 24.3 Å². The van der Waals surface area contributed by atoms with Crippen LogP contribution in [0.3, 0.4) is 0 Å². The molecular weight excluding hydrogens is 232 g/mol. The van der Waals surface area contributed by atoms with Gasteiger partial charge in [-0.25, -0.2) is 0 Å². The van der Waals surface area contributed by atoms with Gasteiger partial charge in [-0.2, -0.15) is 5.26 Å².